The maximum absolute atomic E-state index is 14.0. The van der Waals surface area contributed by atoms with E-state index < -0.39 is 81.1 Å². The number of rotatable bonds is 6. The number of nitrogens with zero attached hydrogens (tertiary/aromatic N) is 1. The summed E-state index contributed by atoms with van der Waals surface area (Å²) in [5.41, 5.74) is -3.12. The lowest BCUT2D eigenvalue weighted by Gasteiger charge is -2.30. The summed E-state index contributed by atoms with van der Waals surface area (Å²) in [5, 5.41) is 1.21. The van der Waals surface area contributed by atoms with Gasteiger partial charge in [0.1, 0.15) is 11.0 Å². The predicted octanol–water partition coefficient (Wildman–Crippen LogP) is 6.29. The van der Waals surface area contributed by atoms with E-state index in [1.807, 2.05) is 0 Å². The summed E-state index contributed by atoms with van der Waals surface area (Å²) >= 11 is 1.62. The summed E-state index contributed by atoms with van der Waals surface area (Å²) in [4.78, 5) is 55.7. The number of thiazole rings is 1. The number of ether oxygens (including phenoxy) is 1. The van der Waals surface area contributed by atoms with Gasteiger partial charge in [0.05, 0.1) is 33.4 Å². The molecule has 0 saturated carbocycles. The van der Waals surface area contributed by atoms with Crippen molar-refractivity contribution in [2.75, 3.05) is 16.8 Å². The van der Waals surface area contributed by atoms with E-state index in [-0.39, 0.29) is 16.3 Å². The minimum absolute atomic E-state index is 0.0126. The van der Waals surface area contributed by atoms with Crippen LogP contribution in [0.25, 0.3) is 0 Å². The Kier molecular flexibility index (Phi) is 7.96. The van der Waals surface area contributed by atoms with Crippen molar-refractivity contribution in [2.24, 2.45) is 5.92 Å². The van der Waals surface area contributed by atoms with E-state index in [1.165, 1.54) is 36.4 Å². The molecular formula is C30H19F6N3O5S2. The molecule has 4 aromatic rings. The fourth-order valence-electron chi connectivity index (χ4n) is 5.54. The predicted molar refractivity (Wildman–Crippen MR) is 156 cm³/mol. The highest BCUT2D eigenvalue weighted by Gasteiger charge is 2.57. The number of imide groups is 1. The second-order valence-electron chi connectivity index (χ2n) is 10.2. The molecule has 6 rings (SSSR count). The van der Waals surface area contributed by atoms with Crippen LogP contribution in [0, 0.1) is 5.92 Å². The van der Waals surface area contributed by atoms with E-state index in [4.69, 9.17) is 4.74 Å². The second kappa shape index (κ2) is 11.7. The first-order chi connectivity index (χ1) is 21.8. The zero-order valence-electron chi connectivity index (χ0n) is 22.9. The van der Waals surface area contributed by atoms with Crippen molar-refractivity contribution in [1.29, 1.82) is 0 Å². The van der Waals surface area contributed by atoms with Gasteiger partial charge >= 0.3 is 17.2 Å². The molecule has 3 aromatic carbocycles. The first-order valence-corrected chi connectivity index (χ1v) is 15.1. The van der Waals surface area contributed by atoms with Crippen molar-refractivity contribution in [3.63, 3.8) is 0 Å². The van der Waals surface area contributed by atoms with Crippen LogP contribution < -0.4 is 19.8 Å². The number of carbonyl (C=O) groups excluding carboxylic acids is 3. The van der Waals surface area contributed by atoms with Crippen LogP contribution in [0.4, 0.5) is 37.7 Å². The average Bonchev–Trinajstić information content (AvgIpc) is 3.49. The lowest BCUT2D eigenvalue weighted by molar-refractivity contribution is -0.138. The Hall–Kier alpha value is -4.57. The van der Waals surface area contributed by atoms with E-state index in [1.54, 1.807) is 6.07 Å². The summed E-state index contributed by atoms with van der Waals surface area (Å²) in [6.45, 7) is -0.757. The van der Waals surface area contributed by atoms with Gasteiger partial charge in [0, 0.05) is 16.4 Å². The molecule has 1 saturated heterocycles. The molecule has 0 bridgehead atoms. The van der Waals surface area contributed by atoms with Gasteiger partial charge in [-0.2, -0.15) is 26.3 Å². The van der Waals surface area contributed by atoms with E-state index in [9.17, 15) is 45.5 Å². The van der Waals surface area contributed by atoms with Gasteiger partial charge < -0.3 is 15.0 Å². The van der Waals surface area contributed by atoms with Crippen LogP contribution in [-0.2, 0) is 26.7 Å². The molecule has 2 aliphatic rings. The van der Waals surface area contributed by atoms with Crippen molar-refractivity contribution in [3.05, 3.63) is 104 Å². The van der Waals surface area contributed by atoms with Gasteiger partial charge in [0.2, 0.25) is 11.8 Å². The van der Waals surface area contributed by atoms with E-state index in [0.717, 1.165) is 53.4 Å². The summed E-state index contributed by atoms with van der Waals surface area (Å²) in [5.74, 6) is -5.08. The lowest BCUT2D eigenvalue weighted by atomic mass is 9.82. The highest BCUT2D eigenvalue weighted by Crippen LogP contribution is 2.55. The molecule has 2 N–H and O–H groups in total. The van der Waals surface area contributed by atoms with Crippen LogP contribution in [0.5, 0.6) is 5.75 Å². The number of aromatic amines is 1. The van der Waals surface area contributed by atoms with Crippen molar-refractivity contribution < 1.29 is 45.5 Å². The van der Waals surface area contributed by atoms with Crippen molar-refractivity contribution in [3.8, 4) is 5.75 Å². The topological polar surface area (TPSA) is 109 Å². The molecule has 2 unspecified atom stereocenters. The summed E-state index contributed by atoms with van der Waals surface area (Å²) in [6, 6.07) is 14.6. The van der Waals surface area contributed by atoms with Gasteiger partial charge in [0.25, 0.3) is 5.91 Å². The van der Waals surface area contributed by atoms with Crippen molar-refractivity contribution in [2.45, 2.75) is 28.5 Å². The molecule has 1 fully saturated rings. The number of hydrogen-bond donors (Lipinski definition) is 2. The minimum Gasteiger partial charge on any atom is -0.483 e. The monoisotopic (exact) mass is 679 g/mol. The molecule has 3 atom stereocenters. The van der Waals surface area contributed by atoms with E-state index >= 15 is 0 Å². The molecule has 1 aromatic heterocycles. The number of anilines is 2. The fraction of sp³-hybridized carbons (Fsp3) is 0.200. The summed E-state index contributed by atoms with van der Waals surface area (Å²) in [6.07, 6.45) is -9.61. The number of H-pyrrole nitrogens is 1. The number of aromatic nitrogens is 1. The molecule has 3 amide bonds. The normalized spacial score (nSPS) is 19.5. The smallest absolute Gasteiger partial charge is 0.418 e. The Bertz CT molecular complexity index is 1920. The zero-order valence-corrected chi connectivity index (χ0v) is 24.6. The van der Waals surface area contributed by atoms with E-state index in [2.05, 4.69) is 10.3 Å². The van der Waals surface area contributed by atoms with Crippen molar-refractivity contribution in [1.82, 2.24) is 4.98 Å². The molecule has 238 valence electrons. The highest BCUT2D eigenvalue weighted by molar-refractivity contribution is 8.00. The molecular weight excluding hydrogens is 660 g/mol. The third-order valence-electron chi connectivity index (χ3n) is 7.39. The second-order valence-corrected chi connectivity index (χ2v) is 12.4. The van der Waals surface area contributed by atoms with Crippen LogP contribution in [-0.4, -0.2) is 34.6 Å². The van der Waals surface area contributed by atoms with Crippen LogP contribution in [0.1, 0.15) is 27.5 Å². The average molecular weight is 680 g/mol. The molecule has 16 heteroatoms. The van der Waals surface area contributed by atoms with Gasteiger partial charge in [0.15, 0.2) is 6.61 Å². The number of alkyl halides is 6. The number of amides is 3. The Morgan fingerprint density at radius 1 is 0.848 bits per heavy atom. The third kappa shape index (κ3) is 5.66. The Labute approximate surface area is 263 Å². The maximum atomic E-state index is 14.0. The molecule has 2 aliphatic heterocycles. The number of para-hydroxylation sites is 3. The number of nitrogens with one attached hydrogen (secondary N) is 2. The van der Waals surface area contributed by atoms with Gasteiger partial charge in [-0.3, -0.25) is 19.2 Å². The maximum Gasteiger partial charge on any atom is 0.418 e. The number of hydrogen-bond acceptors (Lipinski definition) is 7. The van der Waals surface area contributed by atoms with Gasteiger partial charge in [-0.25, -0.2) is 4.90 Å². The third-order valence-corrected chi connectivity index (χ3v) is 9.79. The number of thioether (sulfide) groups is 1. The van der Waals surface area contributed by atoms with Gasteiger partial charge in [-0.15, -0.1) is 0 Å². The van der Waals surface area contributed by atoms with Crippen LogP contribution in [0.2, 0.25) is 0 Å². The van der Waals surface area contributed by atoms with Gasteiger partial charge in [-0.05, 0) is 30.3 Å². The molecule has 46 heavy (non-hydrogen) atoms. The highest BCUT2D eigenvalue weighted by atomic mass is 32.2. The Balaban J connectivity index is 1.35. The Morgan fingerprint density at radius 2 is 1.48 bits per heavy atom. The summed E-state index contributed by atoms with van der Waals surface area (Å²) < 4.78 is 87.6. The zero-order chi connectivity index (χ0) is 33.0. The quantitative estimate of drug-likeness (QED) is 0.183. The fourth-order valence-corrected chi connectivity index (χ4v) is 8.04. The number of carbonyl (C=O) groups is 3. The Morgan fingerprint density at radius 3 is 2.20 bits per heavy atom. The van der Waals surface area contributed by atoms with Crippen molar-refractivity contribution >= 4 is 52.2 Å². The molecule has 0 aliphatic carbocycles. The van der Waals surface area contributed by atoms with Gasteiger partial charge in [-0.1, -0.05) is 65.6 Å². The minimum atomic E-state index is -4.87. The molecule has 0 radical (unpaired) electrons. The molecule has 3 heterocycles. The number of benzene rings is 3. The van der Waals surface area contributed by atoms with Crippen LogP contribution in [0.3, 0.4) is 0 Å². The number of halogens is 6. The summed E-state index contributed by atoms with van der Waals surface area (Å²) in [7, 11) is 0. The standard InChI is InChI=1S/C30H19F6N3O5S2/c31-29(32,33)15-8-2-4-10-17(15)37-20(40)13-44-19-12-6-1-7-14(19)21-22-24(45-25-23(21)46-28(43)38-25)27(42)39(26(22)41)18-11-5-3-9-16(18)30(34,35)36/h1-12,21-22,24H,13H2,(H,37,40)(H,38,43)/t21-,22?,24?/m1/s1. The van der Waals surface area contributed by atoms with Crippen LogP contribution >= 0.6 is 23.1 Å². The first-order valence-electron chi connectivity index (χ1n) is 13.4. The SMILES string of the molecule is O=C(COc1ccccc1[C@H]1c2sc(=O)[nH]c2SC2C(=O)N(c3ccccc3C(F)(F)F)C(=O)C21)Nc1ccccc1C(F)(F)F. The lowest BCUT2D eigenvalue weighted by Crippen LogP contribution is -2.33. The van der Waals surface area contributed by atoms with Crippen LogP contribution in [0.15, 0.2) is 82.6 Å². The van der Waals surface area contributed by atoms with E-state index in [0.29, 0.717) is 9.78 Å². The first kappa shape index (κ1) is 31.4. The molecule has 8 nitrogen and oxygen atoms in total. The number of fused-ring (bicyclic) bond motifs is 2. The largest absolute Gasteiger partial charge is 0.483 e. The molecule has 0 spiro atoms.